The van der Waals surface area contributed by atoms with Gasteiger partial charge in [-0.2, -0.15) is 0 Å². The Balaban J connectivity index is 2.20. The van der Waals surface area contributed by atoms with E-state index in [9.17, 15) is 0 Å². The SMILES string of the molecule is Cc1ccc(OC2CC2)c(OC(C)(C)C)c1. The molecule has 0 saturated heterocycles. The van der Waals surface area contributed by atoms with Crippen molar-refractivity contribution in [1.82, 2.24) is 0 Å². The van der Waals surface area contributed by atoms with Gasteiger partial charge in [0.2, 0.25) is 0 Å². The standard InChI is InChI=1S/C14H20O2/c1-10-5-8-12(15-11-6-7-11)13(9-10)16-14(2,3)4/h5,8-9,11H,6-7H2,1-4H3. The van der Waals surface area contributed by atoms with Crippen LogP contribution in [-0.2, 0) is 0 Å². The van der Waals surface area contributed by atoms with Gasteiger partial charge in [-0.15, -0.1) is 0 Å². The van der Waals surface area contributed by atoms with Gasteiger partial charge in [0.05, 0.1) is 6.10 Å². The lowest BCUT2D eigenvalue weighted by Crippen LogP contribution is -2.23. The van der Waals surface area contributed by atoms with Crippen molar-refractivity contribution in [3.8, 4) is 11.5 Å². The van der Waals surface area contributed by atoms with Gasteiger partial charge in [-0.3, -0.25) is 0 Å². The van der Waals surface area contributed by atoms with Crippen molar-refractivity contribution in [1.29, 1.82) is 0 Å². The second-order valence-corrected chi connectivity index (χ2v) is 5.48. The summed E-state index contributed by atoms with van der Waals surface area (Å²) in [6.07, 6.45) is 2.75. The van der Waals surface area contributed by atoms with E-state index in [0.717, 1.165) is 11.5 Å². The molecule has 0 aliphatic heterocycles. The number of ether oxygens (including phenoxy) is 2. The molecule has 1 aromatic rings. The Bertz CT molecular complexity index is 373. The Labute approximate surface area is 97.6 Å². The van der Waals surface area contributed by atoms with E-state index in [4.69, 9.17) is 9.47 Å². The van der Waals surface area contributed by atoms with Crippen LogP contribution in [0.5, 0.6) is 11.5 Å². The van der Waals surface area contributed by atoms with E-state index in [1.165, 1.54) is 18.4 Å². The van der Waals surface area contributed by atoms with Crippen LogP contribution in [0.4, 0.5) is 0 Å². The number of hydrogen-bond acceptors (Lipinski definition) is 2. The normalized spacial score (nSPS) is 16.0. The van der Waals surface area contributed by atoms with Crippen molar-refractivity contribution in [2.45, 2.75) is 52.2 Å². The van der Waals surface area contributed by atoms with Crippen LogP contribution >= 0.6 is 0 Å². The third kappa shape index (κ3) is 3.16. The average molecular weight is 220 g/mol. The van der Waals surface area contributed by atoms with Crippen LogP contribution in [0.15, 0.2) is 18.2 Å². The van der Waals surface area contributed by atoms with Gasteiger partial charge in [-0.1, -0.05) is 6.07 Å². The largest absolute Gasteiger partial charge is 0.487 e. The van der Waals surface area contributed by atoms with Crippen LogP contribution in [0.25, 0.3) is 0 Å². The maximum Gasteiger partial charge on any atom is 0.162 e. The van der Waals surface area contributed by atoms with E-state index in [-0.39, 0.29) is 5.60 Å². The van der Waals surface area contributed by atoms with E-state index >= 15 is 0 Å². The van der Waals surface area contributed by atoms with Crippen molar-refractivity contribution < 1.29 is 9.47 Å². The first-order valence-corrected chi connectivity index (χ1v) is 5.90. The van der Waals surface area contributed by atoms with Gasteiger partial charge in [0.15, 0.2) is 11.5 Å². The van der Waals surface area contributed by atoms with Gasteiger partial charge in [-0.25, -0.2) is 0 Å². The van der Waals surface area contributed by atoms with E-state index in [1.54, 1.807) is 0 Å². The van der Waals surface area contributed by atoms with Crippen LogP contribution in [0, 0.1) is 6.92 Å². The first-order chi connectivity index (χ1) is 7.44. The zero-order chi connectivity index (χ0) is 11.8. The average Bonchev–Trinajstić information content (AvgIpc) is 2.91. The molecule has 88 valence electrons. The van der Waals surface area contributed by atoms with E-state index in [2.05, 4.69) is 33.8 Å². The topological polar surface area (TPSA) is 18.5 Å². The highest BCUT2D eigenvalue weighted by Crippen LogP contribution is 2.35. The monoisotopic (exact) mass is 220 g/mol. The van der Waals surface area contributed by atoms with Crippen molar-refractivity contribution in [2.75, 3.05) is 0 Å². The predicted molar refractivity (Wildman–Crippen MR) is 65.2 cm³/mol. The Morgan fingerprint density at radius 1 is 1.12 bits per heavy atom. The molecule has 1 aromatic carbocycles. The molecule has 2 heteroatoms. The molecule has 0 aromatic heterocycles. The van der Waals surface area contributed by atoms with Crippen molar-refractivity contribution >= 4 is 0 Å². The molecule has 2 rings (SSSR count). The summed E-state index contributed by atoms with van der Waals surface area (Å²) in [5.41, 5.74) is 1.01. The summed E-state index contributed by atoms with van der Waals surface area (Å²) in [5.74, 6) is 1.74. The second-order valence-electron chi connectivity index (χ2n) is 5.48. The highest BCUT2D eigenvalue weighted by atomic mass is 16.5. The van der Waals surface area contributed by atoms with E-state index < -0.39 is 0 Å². The lowest BCUT2D eigenvalue weighted by molar-refractivity contribution is 0.122. The molecule has 0 atom stereocenters. The summed E-state index contributed by atoms with van der Waals surface area (Å²) < 4.78 is 11.7. The van der Waals surface area contributed by atoms with Gasteiger partial charge < -0.3 is 9.47 Å². The number of aryl methyl sites for hydroxylation is 1. The Morgan fingerprint density at radius 2 is 1.81 bits per heavy atom. The summed E-state index contributed by atoms with van der Waals surface area (Å²) in [4.78, 5) is 0. The van der Waals surface area contributed by atoms with Gasteiger partial charge >= 0.3 is 0 Å². The van der Waals surface area contributed by atoms with Crippen LogP contribution in [0.2, 0.25) is 0 Å². The van der Waals surface area contributed by atoms with Gasteiger partial charge in [0.1, 0.15) is 5.60 Å². The molecule has 2 nitrogen and oxygen atoms in total. The number of benzene rings is 1. The minimum absolute atomic E-state index is 0.185. The van der Waals surface area contributed by atoms with Crippen LogP contribution in [0.3, 0.4) is 0 Å². The molecule has 1 aliphatic carbocycles. The van der Waals surface area contributed by atoms with Crippen molar-refractivity contribution in [2.24, 2.45) is 0 Å². The van der Waals surface area contributed by atoms with Crippen molar-refractivity contribution in [3.05, 3.63) is 23.8 Å². The summed E-state index contributed by atoms with van der Waals surface area (Å²) in [6, 6.07) is 6.12. The highest BCUT2D eigenvalue weighted by Gasteiger charge is 2.25. The maximum atomic E-state index is 5.92. The van der Waals surface area contributed by atoms with Gasteiger partial charge in [0, 0.05) is 0 Å². The van der Waals surface area contributed by atoms with Crippen LogP contribution in [-0.4, -0.2) is 11.7 Å². The lowest BCUT2D eigenvalue weighted by Gasteiger charge is -2.23. The molecule has 1 aliphatic rings. The first-order valence-electron chi connectivity index (χ1n) is 5.90. The summed E-state index contributed by atoms with van der Waals surface area (Å²) in [7, 11) is 0. The third-order valence-corrected chi connectivity index (χ3v) is 2.33. The van der Waals surface area contributed by atoms with Crippen LogP contribution < -0.4 is 9.47 Å². The maximum absolute atomic E-state index is 5.92. The smallest absolute Gasteiger partial charge is 0.162 e. The minimum atomic E-state index is -0.185. The molecule has 16 heavy (non-hydrogen) atoms. The fourth-order valence-electron chi connectivity index (χ4n) is 1.49. The van der Waals surface area contributed by atoms with E-state index in [1.807, 2.05) is 12.1 Å². The summed E-state index contributed by atoms with van der Waals surface area (Å²) in [6.45, 7) is 8.22. The lowest BCUT2D eigenvalue weighted by atomic mass is 10.1. The molecule has 0 unspecified atom stereocenters. The minimum Gasteiger partial charge on any atom is -0.487 e. The second kappa shape index (κ2) is 4.00. The third-order valence-electron chi connectivity index (χ3n) is 2.33. The molecule has 1 fully saturated rings. The van der Waals surface area contributed by atoms with Gasteiger partial charge in [0.25, 0.3) is 0 Å². The molecule has 0 bridgehead atoms. The summed E-state index contributed by atoms with van der Waals surface area (Å²) in [5, 5.41) is 0. The quantitative estimate of drug-likeness (QED) is 0.773. The first kappa shape index (κ1) is 11.3. The van der Waals surface area contributed by atoms with Crippen LogP contribution in [0.1, 0.15) is 39.2 Å². The molecule has 0 amide bonds. The molecule has 0 heterocycles. The molecular formula is C14H20O2. The Hall–Kier alpha value is -1.18. The zero-order valence-corrected chi connectivity index (χ0v) is 10.5. The summed E-state index contributed by atoms with van der Waals surface area (Å²) >= 11 is 0. The number of hydrogen-bond donors (Lipinski definition) is 0. The van der Waals surface area contributed by atoms with Crippen molar-refractivity contribution in [3.63, 3.8) is 0 Å². The molecule has 0 N–H and O–H groups in total. The van der Waals surface area contributed by atoms with Gasteiger partial charge in [-0.05, 0) is 58.2 Å². The Kier molecular flexibility index (Phi) is 2.83. The fourth-order valence-corrected chi connectivity index (χ4v) is 1.49. The number of rotatable bonds is 3. The molecule has 0 radical (unpaired) electrons. The Morgan fingerprint density at radius 3 is 2.38 bits per heavy atom. The molecule has 0 spiro atoms. The zero-order valence-electron chi connectivity index (χ0n) is 10.5. The predicted octanol–water partition coefficient (Wildman–Crippen LogP) is 3.71. The van der Waals surface area contributed by atoms with E-state index in [0.29, 0.717) is 6.10 Å². The highest BCUT2D eigenvalue weighted by molar-refractivity contribution is 5.43. The fraction of sp³-hybridized carbons (Fsp3) is 0.571. The molecular weight excluding hydrogens is 200 g/mol. The molecule has 1 saturated carbocycles.